The normalized spacial score (nSPS) is 17.8. The third kappa shape index (κ3) is 1.93. The fraction of sp³-hybridized carbons (Fsp3) is 0.250. The molecule has 0 radical (unpaired) electrons. The van der Waals surface area contributed by atoms with Crippen LogP contribution in [0.1, 0.15) is 5.69 Å². The number of aromatic nitrogens is 4. The highest BCUT2D eigenvalue weighted by Crippen LogP contribution is 2.33. The van der Waals surface area contributed by atoms with Crippen LogP contribution in [0.15, 0.2) is 28.7 Å². The molecule has 1 aliphatic rings. The van der Waals surface area contributed by atoms with Gasteiger partial charge in [0.25, 0.3) is 0 Å². The number of anilines is 1. The third-order valence-electron chi connectivity index (χ3n) is 3.29. The predicted molar refractivity (Wildman–Crippen MR) is 78.5 cm³/mol. The van der Waals surface area contributed by atoms with E-state index in [1.54, 1.807) is 17.7 Å². The largest absolute Gasteiger partial charge is 0.364 e. The van der Waals surface area contributed by atoms with E-state index in [4.69, 9.17) is 0 Å². The quantitative estimate of drug-likeness (QED) is 0.782. The summed E-state index contributed by atoms with van der Waals surface area (Å²) in [6.07, 6.45) is 6.41. The summed E-state index contributed by atoms with van der Waals surface area (Å²) < 4.78 is 4.36. The molecule has 7 heteroatoms. The van der Waals surface area contributed by atoms with Crippen LogP contribution in [0.4, 0.5) is 5.82 Å². The fourth-order valence-corrected chi connectivity index (χ4v) is 3.95. The van der Waals surface area contributed by atoms with Gasteiger partial charge in [-0.3, -0.25) is 0 Å². The van der Waals surface area contributed by atoms with Gasteiger partial charge in [-0.2, -0.15) is 0 Å². The summed E-state index contributed by atoms with van der Waals surface area (Å²) in [6.45, 7) is 0.938. The van der Waals surface area contributed by atoms with Gasteiger partial charge >= 0.3 is 0 Å². The van der Waals surface area contributed by atoms with Gasteiger partial charge < -0.3 is 9.88 Å². The van der Waals surface area contributed by atoms with Crippen molar-refractivity contribution in [3.63, 3.8) is 0 Å². The minimum atomic E-state index is 0.372. The van der Waals surface area contributed by atoms with Crippen LogP contribution < -0.4 is 5.32 Å². The zero-order chi connectivity index (χ0) is 12.8. The first-order valence-corrected chi connectivity index (χ1v) is 7.56. The van der Waals surface area contributed by atoms with Crippen LogP contribution >= 0.6 is 27.3 Å². The van der Waals surface area contributed by atoms with Gasteiger partial charge in [0, 0.05) is 24.9 Å². The van der Waals surface area contributed by atoms with E-state index >= 15 is 0 Å². The molecule has 4 heterocycles. The van der Waals surface area contributed by atoms with E-state index in [0.29, 0.717) is 6.04 Å². The van der Waals surface area contributed by atoms with Crippen molar-refractivity contribution in [2.45, 2.75) is 19.0 Å². The summed E-state index contributed by atoms with van der Waals surface area (Å²) in [7, 11) is 0. The number of thiophene rings is 1. The summed E-state index contributed by atoms with van der Waals surface area (Å²) in [6, 6.07) is 2.39. The lowest BCUT2D eigenvalue weighted by Gasteiger charge is -2.12. The van der Waals surface area contributed by atoms with Crippen molar-refractivity contribution in [2.75, 3.05) is 5.32 Å². The van der Waals surface area contributed by atoms with Crippen LogP contribution in [-0.4, -0.2) is 25.6 Å². The molecule has 0 aromatic carbocycles. The highest BCUT2D eigenvalue weighted by atomic mass is 79.9. The molecule has 0 fully saturated rings. The Balaban J connectivity index is 1.64. The van der Waals surface area contributed by atoms with Crippen molar-refractivity contribution in [1.82, 2.24) is 19.5 Å². The van der Waals surface area contributed by atoms with Crippen LogP contribution in [0.25, 0.3) is 10.2 Å². The first-order chi connectivity index (χ1) is 9.29. The number of imidazole rings is 1. The molecule has 3 aromatic heterocycles. The van der Waals surface area contributed by atoms with E-state index in [1.165, 1.54) is 5.69 Å². The first kappa shape index (κ1) is 11.4. The molecule has 0 amide bonds. The van der Waals surface area contributed by atoms with E-state index in [1.807, 2.05) is 18.6 Å². The van der Waals surface area contributed by atoms with Gasteiger partial charge in [0.15, 0.2) is 0 Å². The second-order valence-corrected chi connectivity index (χ2v) is 7.00. The first-order valence-electron chi connectivity index (χ1n) is 5.95. The number of hydrogen-bond acceptors (Lipinski definition) is 5. The van der Waals surface area contributed by atoms with Crippen LogP contribution in [0.5, 0.6) is 0 Å². The molecule has 0 bridgehead atoms. The second-order valence-electron chi connectivity index (χ2n) is 4.57. The Hall–Kier alpha value is -1.47. The summed E-state index contributed by atoms with van der Waals surface area (Å²) in [5.74, 6) is 0.921. The summed E-state index contributed by atoms with van der Waals surface area (Å²) in [5, 5.41) is 3.52. The zero-order valence-corrected chi connectivity index (χ0v) is 12.3. The number of hydrogen-bond donors (Lipinski definition) is 1. The number of halogens is 1. The van der Waals surface area contributed by atoms with E-state index in [0.717, 1.165) is 32.8 Å². The molecule has 96 valence electrons. The molecule has 3 aromatic rings. The van der Waals surface area contributed by atoms with E-state index in [-0.39, 0.29) is 0 Å². The van der Waals surface area contributed by atoms with Crippen molar-refractivity contribution in [3.05, 3.63) is 34.4 Å². The third-order valence-corrected chi connectivity index (χ3v) is 4.93. The SMILES string of the molecule is Brc1cc2ncnc(NC3Cc4cncn4C3)c2s1. The average Bonchev–Trinajstić information content (AvgIpc) is 3.02. The maximum Gasteiger partial charge on any atom is 0.147 e. The molecule has 5 nitrogen and oxygen atoms in total. The van der Waals surface area contributed by atoms with Crippen molar-refractivity contribution < 1.29 is 0 Å². The lowest BCUT2D eigenvalue weighted by atomic mass is 10.2. The minimum Gasteiger partial charge on any atom is -0.364 e. The van der Waals surface area contributed by atoms with Gasteiger partial charge in [-0.05, 0) is 22.0 Å². The molecule has 4 rings (SSSR count). The van der Waals surface area contributed by atoms with Crippen molar-refractivity contribution >= 4 is 43.3 Å². The molecule has 1 N–H and O–H groups in total. The highest BCUT2D eigenvalue weighted by molar-refractivity contribution is 9.11. The van der Waals surface area contributed by atoms with E-state index < -0.39 is 0 Å². The number of nitrogens with one attached hydrogen (secondary N) is 1. The highest BCUT2D eigenvalue weighted by Gasteiger charge is 2.22. The Kier molecular flexibility index (Phi) is 2.56. The Morgan fingerprint density at radius 3 is 3.26 bits per heavy atom. The van der Waals surface area contributed by atoms with Crippen LogP contribution in [0.3, 0.4) is 0 Å². The maximum atomic E-state index is 4.37. The maximum absolute atomic E-state index is 4.37. The standard InChI is InChI=1S/C12H10BrN5S/c13-10-2-9-11(19-10)12(16-5-15-9)17-7-1-8-3-14-6-18(8)4-7/h2-3,5-7H,1,4H2,(H,15,16,17). The van der Waals surface area contributed by atoms with Crippen molar-refractivity contribution in [1.29, 1.82) is 0 Å². The van der Waals surface area contributed by atoms with E-state index in [9.17, 15) is 0 Å². The molecular formula is C12H10BrN5S. The van der Waals surface area contributed by atoms with Crippen molar-refractivity contribution in [3.8, 4) is 0 Å². The topological polar surface area (TPSA) is 55.6 Å². The Morgan fingerprint density at radius 2 is 2.37 bits per heavy atom. The van der Waals surface area contributed by atoms with Gasteiger partial charge in [0.1, 0.15) is 12.1 Å². The number of rotatable bonds is 2. The minimum absolute atomic E-state index is 0.372. The van der Waals surface area contributed by atoms with Crippen LogP contribution in [-0.2, 0) is 13.0 Å². The lowest BCUT2D eigenvalue weighted by Crippen LogP contribution is -2.21. The van der Waals surface area contributed by atoms with Gasteiger partial charge in [0.2, 0.25) is 0 Å². The van der Waals surface area contributed by atoms with Crippen LogP contribution in [0.2, 0.25) is 0 Å². The van der Waals surface area contributed by atoms with Gasteiger partial charge in [-0.15, -0.1) is 11.3 Å². The molecule has 1 aliphatic heterocycles. The predicted octanol–water partition coefficient (Wildman–Crippen LogP) is 2.69. The Morgan fingerprint density at radius 1 is 1.42 bits per heavy atom. The zero-order valence-electron chi connectivity index (χ0n) is 9.88. The molecule has 1 atom stereocenters. The molecule has 0 spiro atoms. The molecule has 1 unspecified atom stereocenters. The molecular weight excluding hydrogens is 326 g/mol. The van der Waals surface area contributed by atoms with Gasteiger partial charge in [-0.1, -0.05) is 0 Å². The number of nitrogens with zero attached hydrogens (tertiary/aromatic N) is 4. The molecule has 0 saturated heterocycles. The van der Waals surface area contributed by atoms with Crippen LogP contribution in [0, 0.1) is 0 Å². The monoisotopic (exact) mass is 335 g/mol. The molecule has 0 aliphatic carbocycles. The van der Waals surface area contributed by atoms with Crippen molar-refractivity contribution in [2.24, 2.45) is 0 Å². The smallest absolute Gasteiger partial charge is 0.147 e. The fourth-order valence-electron chi connectivity index (χ4n) is 2.46. The number of fused-ring (bicyclic) bond motifs is 2. The van der Waals surface area contributed by atoms with Gasteiger partial charge in [-0.25, -0.2) is 15.0 Å². The molecule has 19 heavy (non-hydrogen) atoms. The summed E-state index contributed by atoms with van der Waals surface area (Å²) in [4.78, 5) is 12.8. The summed E-state index contributed by atoms with van der Waals surface area (Å²) >= 11 is 5.16. The molecule has 0 saturated carbocycles. The Labute approximate surface area is 121 Å². The lowest BCUT2D eigenvalue weighted by molar-refractivity contribution is 0.670. The average molecular weight is 336 g/mol. The van der Waals surface area contributed by atoms with E-state index in [2.05, 4.69) is 40.8 Å². The second kappa shape index (κ2) is 4.28. The summed E-state index contributed by atoms with van der Waals surface area (Å²) in [5.41, 5.74) is 2.25. The van der Waals surface area contributed by atoms with Gasteiger partial charge in [0.05, 0.1) is 26.4 Å². The Bertz CT molecular complexity index is 729.